The van der Waals surface area contributed by atoms with Crippen molar-refractivity contribution in [1.29, 1.82) is 0 Å². The normalized spacial score (nSPS) is 18.1. The Balaban J connectivity index is 1.59. The Bertz CT molecular complexity index is 1310. The van der Waals surface area contributed by atoms with Crippen LogP contribution in [0, 0.1) is 0 Å². The van der Waals surface area contributed by atoms with E-state index < -0.39 is 0 Å². The molecule has 1 unspecified atom stereocenters. The Hall–Kier alpha value is -3.59. The lowest BCUT2D eigenvalue weighted by molar-refractivity contribution is -0.116. The minimum absolute atomic E-state index is 0.187. The molecule has 1 N–H and O–H groups in total. The average molecular weight is 391 g/mol. The van der Waals surface area contributed by atoms with Crippen LogP contribution in [0.2, 0.25) is 0 Å². The molecule has 4 aromatic rings. The van der Waals surface area contributed by atoms with E-state index in [1.165, 1.54) is 5.39 Å². The molecule has 0 saturated heterocycles. The van der Waals surface area contributed by atoms with Gasteiger partial charge in [0.15, 0.2) is 5.78 Å². The van der Waals surface area contributed by atoms with Crippen molar-refractivity contribution in [3.8, 4) is 11.3 Å². The van der Waals surface area contributed by atoms with Crippen LogP contribution in [0.25, 0.3) is 22.1 Å². The van der Waals surface area contributed by atoms with Crippen LogP contribution >= 0.6 is 0 Å². The molecule has 3 aromatic carbocycles. The van der Waals surface area contributed by atoms with Gasteiger partial charge in [-0.3, -0.25) is 4.79 Å². The standard InChI is InChI=1S/C27H21NO2/c29-22-12-6-11-20-26(22)27(24-16-15-23(30-24)18-8-2-1-3-9-18)25-19-10-5-4-7-17(19)13-14-21(25)28-20/h1-5,7-10,13-16,27-28H,6,11-12H2. The number of carbonyl (C=O) groups is 1. The van der Waals surface area contributed by atoms with Gasteiger partial charge in [0, 0.05) is 28.9 Å². The lowest BCUT2D eigenvalue weighted by atomic mass is 9.76. The lowest BCUT2D eigenvalue weighted by Gasteiger charge is -2.33. The fourth-order valence-electron chi connectivity index (χ4n) is 4.90. The molecule has 6 rings (SSSR count). The summed E-state index contributed by atoms with van der Waals surface area (Å²) in [4.78, 5) is 13.1. The van der Waals surface area contributed by atoms with E-state index in [1.54, 1.807) is 0 Å². The van der Waals surface area contributed by atoms with E-state index in [1.807, 2.05) is 42.5 Å². The number of ketones is 1. The van der Waals surface area contributed by atoms with Gasteiger partial charge >= 0.3 is 0 Å². The zero-order chi connectivity index (χ0) is 20.1. The second-order valence-corrected chi connectivity index (χ2v) is 8.04. The first kappa shape index (κ1) is 17.3. The van der Waals surface area contributed by atoms with Crippen molar-refractivity contribution in [2.24, 2.45) is 0 Å². The highest BCUT2D eigenvalue weighted by molar-refractivity contribution is 6.03. The summed E-state index contributed by atoms with van der Waals surface area (Å²) < 4.78 is 6.40. The number of allylic oxidation sites excluding steroid dienone is 2. The van der Waals surface area contributed by atoms with Crippen molar-refractivity contribution >= 4 is 22.2 Å². The Labute approximate surface area is 175 Å². The zero-order valence-corrected chi connectivity index (χ0v) is 16.5. The number of benzene rings is 3. The lowest BCUT2D eigenvalue weighted by Crippen LogP contribution is -2.26. The largest absolute Gasteiger partial charge is 0.460 e. The van der Waals surface area contributed by atoms with E-state index in [4.69, 9.17) is 4.42 Å². The number of furan rings is 1. The Kier molecular flexibility index (Phi) is 3.88. The number of nitrogens with one attached hydrogen (secondary N) is 1. The molecule has 0 fully saturated rings. The average Bonchev–Trinajstić information content (AvgIpc) is 3.28. The van der Waals surface area contributed by atoms with Crippen molar-refractivity contribution in [2.45, 2.75) is 25.2 Å². The number of anilines is 1. The summed E-state index contributed by atoms with van der Waals surface area (Å²) in [6.07, 6.45) is 2.40. The molecule has 0 saturated carbocycles. The molecular formula is C27H21NO2. The molecule has 30 heavy (non-hydrogen) atoms. The molecule has 1 atom stereocenters. The van der Waals surface area contributed by atoms with Gasteiger partial charge in [0.25, 0.3) is 0 Å². The van der Waals surface area contributed by atoms with E-state index in [0.29, 0.717) is 6.42 Å². The van der Waals surface area contributed by atoms with E-state index in [0.717, 1.165) is 57.8 Å². The molecule has 2 heterocycles. The fraction of sp³-hybridized carbons (Fsp3) is 0.148. The van der Waals surface area contributed by atoms with Gasteiger partial charge in [0.05, 0.1) is 5.92 Å². The maximum absolute atomic E-state index is 13.1. The van der Waals surface area contributed by atoms with Gasteiger partial charge in [-0.15, -0.1) is 0 Å². The van der Waals surface area contributed by atoms with Crippen molar-refractivity contribution in [1.82, 2.24) is 0 Å². The first-order chi connectivity index (χ1) is 14.8. The fourth-order valence-corrected chi connectivity index (χ4v) is 4.90. The van der Waals surface area contributed by atoms with Gasteiger partial charge in [-0.1, -0.05) is 60.7 Å². The van der Waals surface area contributed by atoms with E-state index in [-0.39, 0.29) is 11.7 Å². The maximum atomic E-state index is 13.1. The second kappa shape index (κ2) is 6.74. The molecule has 146 valence electrons. The van der Waals surface area contributed by atoms with Gasteiger partial charge in [0.1, 0.15) is 11.5 Å². The minimum atomic E-state index is -0.187. The summed E-state index contributed by atoms with van der Waals surface area (Å²) in [5.74, 6) is 1.70. The van der Waals surface area contributed by atoms with Crippen molar-refractivity contribution in [3.63, 3.8) is 0 Å². The number of carbonyl (C=O) groups excluding carboxylic acids is 1. The van der Waals surface area contributed by atoms with Crippen molar-refractivity contribution in [2.75, 3.05) is 5.32 Å². The van der Waals surface area contributed by atoms with Crippen LogP contribution in [0.1, 0.15) is 36.5 Å². The molecule has 0 amide bonds. The number of hydrogen-bond donors (Lipinski definition) is 1. The number of Topliss-reactive ketones (excluding diaryl/α,β-unsaturated/α-hetero) is 1. The van der Waals surface area contributed by atoms with Gasteiger partial charge in [-0.05, 0) is 47.4 Å². The number of hydrogen-bond acceptors (Lipinski definition) is 3. The summed E-state index contributed by atoms with van der Waals surface area (Å²) >= 11 is 0. The van der Waals surface area contributed by atoms with Crippen LogP contribution in [0.3, 0.4) is 0 Å². The highest BCUT2D eigenvalue weighted by atomic mass is 16.3. The summed E-state index contributed by atoms with van der Waals surface area (Å²) in [6, 6.07) is 26.8. The maximum Gasteiger partial charge on any atom is 0.161 e. The topological polar surface area (TPSA) is 42.2 Å². The summed E-state index contributed by atoms with van der Waals surface area (Å²) in [7, 11) is 0. The molecule has 1 aromatic heterocycles. The molecule has 3 nitrogen and oxygen atoms in total. The van der Waals surface area contributed by atoms with Crippen LogP contribution in [0.15, 0.2) is 94.6 Å². The van der Waals surface area contributed by atoms with E-state index >= 15 is 0 Å². The van der Waals surface area contributed by atoms with Gasteiger partial charge < -0.3 is 9.73 Å². The SMILES string of the molecule is O=C1CCCC2=C1C(c1ccc(-c3ccccc3)o1)c1c(ccc3ccccc13)N2. The highest BCUT2D eigenvalue weighted by Gasteiger charge is 2.37. The molecule has 2 aliphatic rings. The summed E-state index contributed by atoms with van der Waals surface area (Å²) in [5, 5.41) is 5.91. The highest BCUT2D eigenvalue weighted by Crippen LogP contribution is 2.48. The third-order valence-electron chi connectivity index (χ3n) is 6.26. The molecule has 0 radical (unpaired) electrons. The molecule has 1 aliphatic carbocycles. The number of rotatable bonds is 2. The monoisotopic (exact) mass is 391 g/mol. The first-order valence-electron chi connectivity index (χ1n) is 10.5. The van der Waals surface area contributed by atoms with Crippen LogP contribution in [-0.4, -0.2) is 5.78 Å². The predicted molar refractivity (Wildman–Crippen MR) is 119 cm³/mol. The first-order valence-corrected chi connectivity index (χ1v) is 10.5. The van der Waals surface area contributed by atoms with Gasteiger partial charge in [-0.25, -0.2) is 0 Å². The van der Waals surface area contributed by atoms with Crippen molar-refractivity contribution < 1.29 is 9.21 Å². The summed E-state index contributed by atoms with van der Waals surface area (Å²) in [6.45, 7) is 0. The van der Waals surface area contributed by atoms with E-state index in [9.17, 15) is 4.79 Å². The summed E-state index contributed by atoms with van der Waals surface area (Å²) in [5.41, 5.74) is 5.18. The van der Waals surface area contributed by atoms with Crippen LogP contribution < -0.4 is 5.32 Å². The molecular weight excluding hydrogens is 370 g/mol. The smallest absolute Gasteiger partial charge is 0.161 e. The Morgan fingerprint density at radius 3 is 2.57 bits per heavy atom. The Morgan fingerprint density at radius 2 is 1.67 bits per heavy atom. The molecule has 1 aliphatic heterocycles. The van der Waals surface area contributed by atoms with Gasteiger partial charge in [-0.2, -0.15) is 0 Å². The quantitative estimate of drug-likeness (QED) is 0.415. The molecule has 3 heteroatoms. The van der Waals surface area contributed by atoms with Crippen LogP contribution in [0.4, 0.5) is 5.69 Å². The van der Waals surface area contributed by atoms with Crippen molar-refractivity contribution in [3.05, 3.63) is 101 Å². The number of fused-ring (bicyclic) bond motifs is 3. The molecule has 0 spiro atoms. The zero-order valence-electron chi connectivity index (χ0n) is 16.5. The predicted octanol–water partition coefficient (Wildman–Crippen LogP) is 6.66. The minimum Gasteiger partial charge on any atom is -0.460 e. The van der Waals surface area contributed by atoms with Gasteiger partial charge in [0.2, 0.25) is 0 Å². The Morgan fingerprint density at radius 1 is 0.833 bits per heavy atom. The third kappa shape index (κ3) is 2.62. The van der Waals surface area contributed by atoms with Crippen LogP contribution in [0.5, 0.6) is 0 Å². The second-order valence-electron chi connectivity index (χ2n) is 8.04. The van der Waals surface area contributed by atoms with Crippen LogP contribution in [-0.2, 0) is 4.79 Å². The third-order valence-corrected chi connectivity index (χ3v) is 6.26. The van der Waals surface area contributed by atoms with E-state index in [2.05, 4.69) is 41.7 Å². The molecule has 0 bridgehead atoms.